The molecule has 10 heteroatoms. The van der Waals surface area contributed by atoms with Crippen molar-refractivity contribution in [2.45, 2.75) is 85.4 Å². The topological polar surface area (TPSA) is 134 Å². The normalized spacial score (nSPS) is 12.9. The minimum absolute atomic E-state index is 0.0218. The van der Waals surface area contributed by atoms with E-state index < -0.39 is 48.2 Å². The molecule has 10 nitrogen and oxygen atoms in total. The largest absolute Gasteiger partial charge is 0.466 e. The van der Waals surface area contributed by atoms with Gasteiger partial charge in [-0.15, -0.1) is 0 Å². The van der Waals surface area contributed by atoms with Gasteiger partial charge in [0.1, 0.15) is 17.7 Å². The number of ether oxygens (including phenoxy) is 2. The Hall–Kier alpha value is -3.14. The highest BCUT2D eigenvalue weighted by atomic mass is 16.6. The summed E-state index contributed by atoms with van der Waals surface area (Å²) in [6, 6.07) is 5.20. The lowest BCUT2D eigenvalue weighted by Gasteiger charge is -2.34. The second kappa shape index (κ2) is 16.0. The number of hydrogen-bond donors (Lipinski definition) is 3. The van der Waals surface area contributed by atoms with E-state index in [0.717, 1.165) is 12.0 Å². The Morgan fingerprint density at radius 2 is 1.68 bits per heavy atom. The van der Waals surface area contributed by atoms with Crippen molar-refractivity contribution in [1.82, 2.24) is 15.5 Å². The van der Waals surface area contributed by atoms with Crippen molar-refractivity contribution < 1.29 is 33.8 Å². The Balaban J connectivity index is 3.36. The summed E-state index contributed by atoms with van der Waals surface area (Å²) in [6.07, 6.45) is 0.326. The predicted octanol–water partition coefficient (Wildman–Crippen LogP) is 3.12. The van der Waals surface area contributed by atoms with Gasteiger partial charge < -0.3 is 30.1 Å². The number of aliphatic hydroxyl groups excluding tert-OH is 1. The number of nitrogens with zero attached hydrogens (tertiary/aromatic N) is 1. The zero-order valence-corrected chi connectivity index (χ0v) is 23.8. The first-order valence-electron chi connectivity index (χ1n) is 13.3. The van der Waals surface area contributed by atoms with Crippen molar-refractivity contribution in [2.24, 2.45) is 5.92 Å². The van der Waals surface area contributed by atoms with Gasteiger partial charge in [0, 0.05) is 13.1 Å². The third-order valence-electron chi connectivity index (χ3n) is 5.52. The number of hydrogen-bond acceptors (Lipinski definition) is 7. The van der Waals surface area contributed by atoms with Gasteiger partial charge in [-0.25, -0.2) is 4.79 Å². The fraction of sp³-hybridized carbons (Fsp3) is 0.643. The molecule has 214 valence electrons. The van der Waals surface area contributed by atoms with Gasteiger partial charge in [-0.3, -0.25) is 14.4 Å². The molecule has 0 aromatic heterocycles. The molecule has 0 saturated heterocycles. The summed E-state index contributed by atoms with van der Waals surface area (Å²) < 4.78 is 10.3. The third kappa shape index (κ3) is 11.5. The van der Waals surface area contributed by atoms with E-state index in [1.165, 1.54) is 4.90 Å². The maximum Gasteiger partial charge on any atom is 0.408 e. The molecule has 0 radical (unpaired) electrons. The van der Waals surface area contributed by atoms with E-state index in [4.69, 9.17) is 9.47 Å². The van der Waals surface area contributed by atoms with Gasteiger partial charge in [-0.2, -0.15) is 0 Å². The van der Waals surface area contributed by atoms with Crippen LogP contribution in [0.2, 0.25) is 0 Å². The van der Waals surface area contributed by atoms with Crippen LogP contribution in [0.1, 0.15) is 78.5 Å². The van der Waals surface area contributed by atoms with Crippen LogP contribution in [-0.2, 0) is 30.3 Å². The third-order valence-corrected chi connectivity index (χ3v) is 5.52. The number of benzene rings is 1. The Kier molecular flexibility index (Phi) is 13.8. The molecule has 0 bridgehead atoms. The highest BCUT2D eigenvalue weighted by Crippen LogP contribution is 2.24. The summed E-state index contributed by atoms with van der Waals surface area (Å²) in [7, 11) is 0. The Bertz CT molecular complexity index is 910. The van der Waals surface area contributed by atoms with E-state index in [9.17, 15) is 24.3 Å². The van der Waals surface area contributed by atoms with Crippen molar-refractivity contribution in [3.63, 3.8) is 0 Å². The predicted molar refractivity (Wildman–Crippen MR) is 144 cm³/mol. The van der Waals surface area contributed by atoms with Gasteiger partial charge >= 0.3 is 12.1 Å². The second-order valence-corrected chi connectivity index (χ2v) is 10.4. The molecule has 38 heavy (non-hydrogen) atoms. The van der Waals surface area contributed by atoms with Crippen molar-refractivity contribution in [1.29, 1.82) is 0 Å². The molecule has 2 unspecified atom stereocenters. The zero-order chi connectivity index (χ0) is 28.9. The van der Waals surface area contributed by atoms with Gasteiger partial charge in [0.05, 0.1) is 19.6 Å². The molecule has 0 heterocycles. The highest BCUT2D eigenvalue weighted by Gasteiger charge is 2.36. The fourth-order valence-corrected chi connectivity index (χ4v) is 3.84. The molecule has 3 N–H and O–H groups in total. The summed E-state index contributed by atoms with van der Waals surface area (Å²) in [5.74, 6) is -1.45. The summed E-state index contributed by atoms with van der Waals surface area (Å²) >= 11 is 0. The average Bonchev–Trinajstić information content (AvgIpc) is 2.82. The van der Waals surface area contributed by atoms with Crippen LogP contribution in [0.4, 0.5) is 4.79 Å². The summed E-state index contributed by atoms with van der Waals surface area (Å²) in [6.45, 7) is 12.4. The highest BCUT2D eigenvalue weighted by molar-refractivity contribution is 5.92. The summed E-state index contributed by atoms with van der Waals surface area (Å²) in [4.78, 5) is 52.9. The van der Waals surface area contributed by atoms with Gasteiger partial charge in [0.25, 0.3) is 0 Å². The SMILES string of the molecule is CCOC(=O)CCNC(=O)C(c1ccc(CC)cc1)N(CCO)C(=O)C(CC(C)C)NC(=O)OC(C)(C)C. The first-order chi connectivity index (χ1) is 17.8. The first kappa shape index (κ1) is 32.9. The van der Waals surface area contributed by atoms with Crippen LogP contribution in [0.3, 0.4) is 0 Å². The molecule has 3 amide bonds. The number of rotatable bonds is 14. The van der Waals surface area contributed by atoms with Crippen LogP contribution in [0, 0.1) is 5.92 Å². The Morgan fingerprint density at radius 3 is 2.18 bits per heavy atom. The molecular weight excluding hydrogens is 490 g/mol. The Morgan fingerprint density at radius 1 is 1.05 bits per heavy atom. The molecule has 0 aliphatic heterocycles. The average molecular weight is 536 g/mol. The van der Waals surface area contributed by atoms with Crippen LogP contribution in [0.25, 0.3) is 0 Å². The van der Waals surface area contributed by atoms with Gasteiger partial charge in [0.15, 0.2) is 0 Å². The lowest BCUT2D eigenvalue weighted by Crippen LogP contribution is -2.54. The number of aryl methyl sites for hydroxylation is 1. The number of nitrogens with one attached hydrogen (secondary N) is 2. The lowest BCUT2D eigenvalue weighted by molar-refractivity contribution is -0.144. The van der Waals surface area contributed by atoms with Crippen molar-refractivity contribution in [2.75, 3.05) is 26.3 Å². The number of carbonyl (C=O) groups excluding carboxylic acids is 4. The van der Waals surface area contributed by atoms with E-state index in [2.05, 4.69) is 10.6 Å². The lowest BCUT2D eigenvalue weighted by atomic mass is 9.98. The maximum absolute atomic E-state index is 13.9. The standard InChI is InChI=1S/C28H45N3O7/c1-8-20-10-12-21(13-11-20)24(25(34)29-15-14-23(33)37-9-2)31(16-17-32)26(35)22(18-19(3)4)30-27(36)38-28(5,6)7/h10-13,19,22,24,32H,8-9,14-18H2,1-7H3,(H,29,34)(H,30,36). The van der Waals surface area contributed by atoms with E-state index in [-0.39, 0.29) is 32.0 Å². The molecule has 0 aliphatic carbocycles. The minimum Gasteiger partial charge on any atom is -0.466 e. The van der Waals surface area contributed by atoms with E-state index in [0.29, 0.717) is 12.0 Å². The molecule has 1 rings (SSSR count). The van der Waals surface area contributed by atoms with Gasteiger partial charge in [-0.05, 0) is 57.6 Å². The summed E-state index contributed by atoms with van der Waals surface area (Å²) in [5.41, 5.74) is 0.834. The molecule has 1 aromatic rings. The molecule has 0 aliphatic rings. The molecule has 0 spiro atoms. The van der Waals surface area contributed by atoms with Crippen LogP contribution < -0.4 is 10.6 Å². The Labute approximate surface area is 226 Å². The van der Waals surface area contributed by atoms with E-state index >= 15 is 0 Å². The number of aliphatic hydroxyl groups is 1. The zero-order valence-electron chi connectivity index (χ0n) is 23.8. The number of alkyl carbamates (subject to hydrolysis) is 1. The second-order valence-electron chi connectivity index (χ2n) is 10.4. The first-order valence-corrected chi connectivity index (χ1v) is 13.3. The number of carbonyl (C=O) groups is 4. The van der Waals surface area contributed by atoms with Crippen LogP contribution in [0.5, 0.6) is 0 Å². The van der Waals surface area contributed by atoms with Crippen LogP contribution >= 0.6 is 0 Å². The quantitative estimate of drug-likeness (QED) is 0.312. The monoisotopic (exact) mass is 535 g/mol. The van der Waals surface area contributed by atoms with Crippen LogP contribution in [0.15, 0.2) is 24.3 Å². The van der Waals surface area contributed by atoms with Crippen molar-refractivity contribution >= 4 is 23.9 Å². The number of amides is 3. The maximum atomic E-state index is 13.9. The molecule has 0 fully saturated rings. The molecule has 1 aromatic carbocycles. The number of esters is 1. The minimum atomic E-state index is -1.10. The molecular formula is C28H45N3O7. The summed E-state index contributed by atoms with van der Waals surface area (Å²) in [5, 5.41) is 15.2. The van der Waals surface area contributed by atoms with Crippen molar-refractivity contribution in [3.8, 4) is 0 Å². The molecule has 2 atom stereocenters. The molecule has 0 saturated carbocycles. The van der Waals surface area contributed by atoms with Gasteiger partial charge in [0.2, 0.25) is 11.8 Å². The van der Waals surface area contributed by atoms with Gasteiger partial charge in [-0.1, -0.05) is 45.0 Å². The van der Waals surface area contributed by atoms with E-state index in [1.54, 1.807) is 39.8 Å². The van der Waals surface area contributed by atoms with E-state index in [1.807, 2.05) is 32.9 Å². The smallest absolute Gasteiger partial charge is 0.408 e. The fourth-order valence-electron chi connectivity index (χ4n) is 3.84. The van der Waals surface area contributed by atoms with Crippen LogP contribution in [-0.4, -0.2) is 71.8 Å². The van der Waals surface area contributed by atoms with Crippen molar-refractivity contribution in [3.05, 3.63) is 35.4 Å².